The first-order chi connectivity index (χ1) is 24.5. The van der Waals surface area contributed by atoms with E-state index < -0.39 is 48.4 Å². The lowest BCUT2D eigenvalue weighted by Gasteiger charge is -2.41. The number of aliphatic hydroxyl groups excluding tert-OH is 1. The minimum absolute atomic E-state index is 0.0114. The molecular formula is C40H67N5O7. The minimum Gasteiger partial charge on any atom is -0.386 e. The van der Waals surface area contributed by atoms with Gasteiger partial charge in [-0.2, -0.15) is 0 Å². The van der Waals surface area contributed by atoms with Gasteiger partial charge in [0.2, 0.25) is 23.6 Å². The van der Waals surface area contributed by atoms with Crippen LogP contribution < -0.4 is 16.0 Å². The molecule has 1 saturated heterocycles. The maximum absolute atomic E-state index is 14.4. The number of methoxy groups -OCH3 is 2. The number of benzene rings is 1. The number of hydrogen-bond acceptors (Lipinski definition) is 8. The molecule has 12 heteroatoms. The standard InChI is InChI=1S/C40H67N5O7/c1-13-24(6)35(44(10)40(50)34(23(4)5)43-39(49)33(41-9)22(2)3)31(51-11)21-32(46)45-29-19-28(29)20-30(45)37(52-12)25(7)38(48)42-26(8)36(47)27-17-15-14-16-18-27/h14-18,22-26,28-31,33-37,41,47H,13,19-21H2,1-12H3,(H,42,48)(H,43,49)/t24-,25+,26+,28-,29-,30?,31+,33-,34-,35-,36+,37+/m0/s1. The summed E-state index contributed by atoms with van der Waals surface area (Å²) < 4.78 is 12.0. The van der Waals surface area contributed by atoms with E-state index in [1.807, 2.05) is 69.9 Å². The van der Waals surface area contributed by atoms with Crippen LogP contribution in [0, 0.1) is 29.6 Å². The lowest BCUT2D eigenvalue weighted by molar-refractivity contribution is -0.148. The van der Waals surface area contributed by atoms with Gasteiger partial charge in [-0.15, -0.1) is 0 Å². The molecule has 52 heavy (non-hydrogen) atoms. The number of nitrogens with one attached hydrogen (secondary N) is 3. The fourth-order valence-corrected chi connectivity index (χ4v) is 8.13. The zero-order chi connectivity index (χ0) is 39.0. The Bertz CT molecular complexity index is 1330. The first-order valence-electron chi connectivity index (χ1n) is 19.2. The van der Waals surface area contributed by atoms with Crippen LogP contribution in [0.3, 0.4) is 0 Å². The van der Waals surface area contributed by atoms with Crippen LogP contribution in [0.2, 0.25) is 0 Å². The van der Waals surface area contributed by atoms with E-state index in [0.29, 0.717) is 11.5 Å². The monoisotopic (exact) mass is 730 g/mol. The molecule has 0 spiro atoms. The maximum atomic E-state index is 14.4. The number of piperidine rings is 1. The molecule has 1 saturated carbocycles. The third-order valence-corrected chi connectivity index (χ3v) is 11.5. The Hall–Kier alpha value is -3.06. The van der Waals surface area contributed by atoms with Crippen molar-refractivity contribution >= 4 is 23.6 Å². The number of rotatable bonds is 20. The molecule has 1 aliphatic carbocycles. The van der Waals surface area contributed by atoms with Gasteiger partial charge in [0.1, 0.15) is 6.04 Å². The largest absolute Gasteiger partial charge is 0.386 e. The van der Waals surface area contributed by atoms with Crippen LogP contribution in [-0.4, -0.2) is 115 Å². The van der Waals surface area contributed by atoms with Crippen LogP contribution in [0.5, 0.6) is 0 Å². The fourth-order valence-electron chi connectivity index (χ4n) is 8.13. The average molecular weight is 730 g/mol. The molecule has 3 rings (SSSR count). The Morgan fingerprint density at radius 2 is 1.52 bits per heavy atom. The highest BCUT2D eigenvalue weighted by molar-refractivity contribution is 5.90. The summed E-state index contributed by atoms with van der Waals surface area (Å²) >= 11 is 0. The molecule has 12 atom stereocenters. The molecule has 1 aliphatic heterocycles. The molecule has 4 amide bonds. The molecule has 1 aromatic rings. The van der Waals surface area contributed by atoms with Crippen molar-refractivity contribution in [3.8, 4) is 0 Å². The van der Waals surface area contributed by atoms with Gasteiger partial charge >= 0.3 is 0 Å². The molecule has 294 valence electrons. The van der Waals surface area contributed by atoms with E-state index in [1.54, 1.807) is 47.1 Å². The van der Waals surface area contributed by atoms with Crippen molar-refractivity contribution < 1.29 is 33.8 Å². The van der Waals surface area contributed by atoms with E-state index in [9.17, 15) is 24.3 Å². The molecule has 0 bridgehead atoms. The molecular weight excluding hydrogens is 662 g/mol. The third kappa shape index (κ3) is 10.1. The van der Waals surface area contributed by atoms with Gasteiger partial charge in [-0.1, -0.05) is 85.2 Å². The van der Waals surface area contributed by atoms with E-state index in [1.165, 1.54) is 0 Å². The second kappa shape index (κ2) is 19.3. The first-order valence-corrected chi connectivity index (χ1v) is 19.2. The molecule has 2 fully saturated rings. The van der Waals surface area contributed by atoms with Gasteiger partial charge in [0.25, 0.3) is 0 Å². The number of nitrogens with zero attached hydrogens (tertiary/aromatic N) is 2. The van der Waals surface area contributed by atoms with Crippen molar-refractivity contribution in [1.82, 2.24) is 25.8 Å². The molecule has 1 unspecified atom stereocenters. The quantitative estimate of drug-likeness (QED) is 0.159. The van der Waals surface area contributed by atoms with E-state index in [-0.39, 0.29) is 59.9 Å². The van der Waals surface area contributed by atoms with Crippen molar-refractivity contribution in [3.05, 3.63) is 35.9 Å². The van der Waals surface area contributed by atoms with Crippen LogP contribution >= 0.6 is 0 Å². The fraction of sp³-hybridized carbons (Fsp3) is 0.750. The summed E-state index contributed by atoms with van der Waals surface area (Å²) in [5.74, 6) is -1.20. The number of hydrogen-bond donors (Lipinski definition) is 4. The second-order valence-electron chi connectivity index (χ2n) is 15.9. The highest BCUT2D eigenvalue weighted by atomic mass is 16.5. The number of likely N-dealkylation sites (N-methyl/N-ethyl adjacent to an activating group) is 2. The summed E-state index contributed by atoms with van der Waals surface area (Å²) in [6.45, 7) is 15.4. The van der Waals surface area contributed by atoms with Crippen molar-refractivity contribution in [2.45, 2.75) is 136 Å². The normalized spacial score (nSPS) is 23.4. The molecule has 4 N–H and O–H groups in total. The lowest BCUT2D eigenvalue weighted by Crippen LogP contribution is -2.59. The van der Waals surface area contributed by atoms with Gasteiger partial charge in [0, 0.05) is 27.3 Å². The van der Waals surface area contributed by atoms with Gasteiger partial charge in [-0.3, -0.25) is 19.2 Å². The van der Waals surface area contributed by atoms with Crippen LogP contribution in [0.25, 0.3) is 0 Å². The predicted molar refractivity (Wildman–Crippen MR) is 202 cm³/mol. The zero-order valence-corrected chi connectivity index (χ0v) is 33.6. The maximum Gasteiger partial charge on any atom is 0.245 e. The number of aliphatic hydroxyl groups is 1. The van der Waals surface area contributed by atoms with Gasteiger partial charge in [-0.05, 0) is 56.0 Å². The number of amides is 4. The van der Waals surface area contributed by atoms with E-state index in [4.69, 9.17) is 9.47 Å². The zero-order valence-electron chi connectivity index (χ0n) is 33.6. The molecule has 12 nitrogen and oxygen atoms in total. The molecule has 1 heterocycles. The summed E-state index contributed by atoms with van der Waals surface area (Å²) in [5.41, 5.74) is 0.715. The predicted octanol–water partition coefficient (Wildman–Crippen LogP) is 3.53. The lowest BCUT2D eigenvalue weighted by atomic mass is 9.89. The molecule has 2 aliphatic rings. The van der Waals surface area contributed by atoms with E-state index in [2.05, 4.69) is 22.9 Å². The third-order valence-electron chi connectivity index (χ3n) is 11.5. The van der Waals surface area contributed by atoms with Crippen LogP contribution in [-0.2, 0) is 28.7 Å². The molecule has 0 aromatic heterocycles. The van der Waals surface area contributed by atoms with Crippen LogP contribution in [0.15, 0.2) is 30.3 Å². The van der Waals surface area contributed by atoms with E-state index >= 15 is 0 Å². The Labute approximate surface area is 312 Å². The Balaban J connectivity index is 1.78. The SMILES string of the molecule is CC[C@H](C)[C@@H]([C@@H](CC(=O)N1C([C@H](OC)[C@@H](C)C(=O)N[C@H](C)[C@@H](O)c2ccccc2)C[C@@H]2C[C@@H]21)OC)N(C)C(=O)[C@@H](NC(=O)[C@@H](NC)C(C)C)C(C)C. The Kier molecular flexibility index (Phi) is 16.1. The highest BCUT2D eigenvalue weighted by Crippen LogP contribution is 2.50. The van der Waals surface area contributed by atoms with Crippen LogP contribution in [0.1, 0.15) is 92.7 Å². The number of carbonyl (C=O) groups excluding carboxylic acids is 4. The summed E-state index contributed by atoms with van der Waals surface area (Å²) in [4.78, 5) is 58.9. The number of fused-ring (bicyclic) bond motifs is 1. The molecule has 1 aromatic carbocycles. The number of ether oxygens (including phenoxy) is 2. The topological polar surface area (TPSA) is 150 Å². The highest BCUT2D eigenvalue weighted by Gasteiger charge is 2.57. The van der Waals surface area contributed by atoms with Crippen molar-refractivity contribution in [3.63, 3.8) is 0 Å². The first kappa shape index (κ1) is 43.3. The van der Waals surface area contributed by atoms with Gasteiger partial charge < -0.3 is 40.3 Å². The number of carbonyl (C=O) groups is 4. The van der Waals surface area contributed by atoms with Crippen LogP contribution in [0.4, 0.5) is 0 Å². The van der Waals surface area contributed by atoms with Crippen molar-refractivity contribution in [2.24, 2.45) is 29.6 Å². The smallest absolute Gasteiger partial charge is 0.245 e. The van der Waals surface area contributed by atoms with Gasteiger partial charge in [0.15, 0.2) is 0 Å². The minimum atomic E-state index is -0.873. The summed E-state index contributed by atoms with van der Waals surface area (Å²) in [7, 11) is 6.62. The van der Waals surface area contributed by atoms with Gasteiger partial charge in [0.05, 0.1) is 54.8 Å². The Morgan fingerprint density at radius 1 is 0.904 bits per heavy atom. The summed E-state index contributed by atoms with van der Waals surface area (Å²) in [6, 6.07) is 6.81. The summed E-state index contributed by atoms with van der Waals surface area (Å²) in [5, 5.41) is 19.9. The van der Waals surface area contributed by atoms with Crippen molar-refractivity contribution in [1.29, 1.82) is 0 Å². The molecule has 0 radical (unpaired) electrons. The van der Waals surface area contributed by atoms with Crippen molar-refractivity contribution in [2.75, 3.05) is 28.3 Å². The second-order valence-corrected chi connectivity index (χ2v) is 15.9. The van der Waals surface area contributed by atoms with Gasteiger partial charge in [-0.25, -0.2) is 0 Å². The average Bonchev–Trinajstić information content (AvgIpc) is 3.78. The number of likely N-dealkylation sites (tertiary alicyclic amines) is 1. The summed E-state index contributed by atoms with van der Waals surface area (Å²) in [6.07, 6.45) is 0.397. The van der Waals surface area contributed by atoms with E-state index in [0.717, 1.165) is 19.3 Å². The Morgan fingerprint density at radius 3 is 2.04 bits per heavy atom.